The Labute approximate surface area is 88.3 Å². The normalized spacial score (nSPS) is 10.1. The second-order valence-corrected chi connectivity index (χ2v) is 4.13. The summed E-state index contributed by atoms with van der Waals surface area (Å²) in [6, 6.07) is 7.83. The van der Waals surface area contributed by atoms with E-state index >= 15 is 0 Å². The van der Waals surface area contributed by atoms with Crippen LogP contribution >= 0.6 is 11.8 Å². The van der Waals surface area contributed by atoms with Crippen molar-refractivity contribution in [2.45, 2.75) is 24.3 Å². The quantitative estimate of drug-likeness (QED) is 0.444. The van der Waals surface area contributed by atoms with Crippen molar-refractivity contribution in [3.63, 3.8) is 0 Å². The highest BCUT2D eigenvalue weighted by molar-refractivity contribution is 7.99. The molecule has 76 valence electrons. The van der Waals surface area contributed by atoms with Crippen molar-refractivity contribution in [3.05, 3.63) is 29.8 Å². The topological polar surface area (TPSA) is 37.3 Å². The Bertz CT molecular complexity index is 269. The molecular weight excluding hydrogens is 196 g/mol. The van der Waals surface area contributed by atoms with Gasteiger partial charge in [0.25, 0.3) is 0 Å². The van der Waals surface area contributed by atoms with E-state index in [0.717, 1.165) is 24.0 Å². The molecule has 0 saturated heterocycles. The third kappa shape index (κ3) is 3.94. The third-order valence-electron chi connectivity index (χ3n) is 1.84. The summed E-state index contributed by atoms with van der Waals surface area (Å²) in [4.78, 5) is 11.3. The summed E-state index contributed by atoms with van der Waals surface area (Å²) in [5.74, 6) is 0.969. The van der Waals surface area contributed by atoms with Gasteiger partial charge < -0.3 is 9.90 Å². The first kappa shape index (κ1) is 11.3. The Morgan fingerprint density at radius 3 is 2.57 bits per heavy atom. The Hall–Kier alpha value is -0.800. The van der Waals surface area contributed by atoms with Gasteiger partial charge >= 0.3 is 0 Å². The van der Waals surface area contributed by atoms with Crippen LogP contribution in [0.2, 0.25) is 0 Å². The molecule has 0 spiro atoms. The highest BCUT2D eigenvalue weighted by Crippen LogP contribution is 2.19. The molecule has 14 heavy (non-hydrogen) atoms. The maximum Gasteiger partial charge on any atom is 0.120 e. The fourth-order valence-electron chi connectivity index (χ4n) is 1.05. The largest absolute Gasteiger partial charge is 0.392 e. The van der Waals surface area contributed by atoms with Crippen molar-refractivity contribution >= 4 is 18.0 Å². The molecule has 0 amide bonds. The summed E-state index contributed by atoms with van der Waals surface area (Å²) in [5, 5.41) is 8.83. The van der Waals surface area contributed by atoms with Gasteiger partial charge in [-0.1, -0.05) is 12.1 Å². The van der Waals surface area contributed by atoms with Gasteiger partial charge in [-0.2, -0.15) is 0 Å². The lowest BCUT2D eigenvalue weighted by Crippen LogP contribution is -1.84. The van der Waals surface area contributed by atoms with Crippen molar-refractivity contribution in [1.29, 1.82) is 0 Å². The zero-order valence-corrected chi connectivity index (χ0v) is 8.80. The van der Waals surface area contributed by atoms with Crippen LogP contribution in [0.15, 0.2) is 29.2 Å². The molecule has 0 bridgehead atoms. The van der Waals surface area contributed by atoms with Crippen LogP contribution < -0.4 is 0 Å². The van der Waals surface area contributed by atoms with Gasteiger partial charge in [-0.3, -0.25) is 0 Å². The fourth-order valence-corrected chi connectivity index (χ4v) is 1.92. The summed E-state index contributed by atoms with van der Waals surface area (Å²) in [6.07, 6.45) is 2.52. The number of benzene rings is 1. The first-order chi connectivity index (χ1) is 6.86. The molecule has 0 heterocycles. The zero-order valence-electron chi connectivity index (χ0n) is 7.98. The van der Waals surface area contributed by atoms with Crippen LogP contribution in [0.25, 0.3) is 0 Å². The van der Waals surface area contributed by atoms with Crippen LogP contribution in [0.4, 0.5) is 0 Å². The minimum atomic E-state index is 0.0933. The number of carbonyl (C=O) groups excluding carboxylic acids is 1. The Kier molecular flexibility index (Phi) is 5.33. The van der Waals surface area contributed by atoms with E-state index in [1.54, 1.807) is 11.8 Å². The third-order valence-corrected chi connectivity index (χ3v) is 2.94. The summed E-state index contributed by atoms with van der Waals surface area (Å²) < 4.78 is 0. The monoisotopic (exact) mass is 210 g/mol. The number of thioether (sulfide) groups is 1. The Morgan fingerprint density at radius 2 is 2.00 bits per heavy atom. The molecular formula is C11H14O2S. The van der Waals surface area contributed by atoms with E-state index in [4.69, 9.17) is 5.11 Å². The van der Waals surface area contributed by atoms with E-state index in [1.165, 1.54) is 4.90 Å². The molecule has 1 aromatic carbocycles. The Balaban J connectivity index is 2.32. The van der Waals surface area contributed by atoms with E-state index in [2.05, 4.69) is 0 Å². The van der Waals surface area contributed by atoms with Crippen LogP contribution in [-0.4, -0.2) is 17.1 Å². The highest BCUT2D eigenvalue weighted by Gasteiger charge is 1.94. The second kappa shape index (κ2) is 6.62. The highest BCUT2D eigenvalue weighted by atomic mass is 32.2. The first-order valence-corrected chi connectivity index (χ1v) is 5.61. The molecule has 0 fully saturated rings. The van der Waals surface area contributed by atoms with Crippen molar-refractivity contribution in [3.8, 4) is 0 Å². The molecule has 0 aliphatic carbocycles. The average molecular weight is 210 g/mol. The van der Waals surface area contributed by atoms with Gasteiger partial charge in [0.2, 0.25) is 0 Å². The summed E-state index contributed by atoms with van der Waals surface area (Å²) in [6.45, 7) is 0.0933. The number of carbonyl (C=O) groups is 1. The SMILES string of the molecule is O=CCCCSc1ccc(CO)cc1. The van der Waals surface area contributed by atoms with Crippen LogP contribution in [0.1, 0.15) is 18.4 Å². The van der Waals surface area contributed by atoms with Crippen molar-refractivity contribution < 1.29 is 9.90 Å². The van der Waals surface area contributed by atoms with Crippen LogP contribution in [-0.2, 0) is 11.4 Å². The van der Waals surface area contributed by atoms with Gasteiger partial charge in [0.05, 0.1) is 6.61 Å². The molecule has 0 radical (unpaired) electrons. The smallest absolute Gasteiger partial charge is 0.120 e. The molecule has 0 aliphatic rings. The lowest BCUT2D eigenvalue weighted by atomic mass is 10.2. The lowest BCUT2D eigenvalue weighted by Gasteiger charge is -2.01. The predicted octanol–water partition coefficient (Wildman–Crippen LogP) is 2.25. The predicted molar refractivity (Wildman–Crippen MR) is 58.4 cm³/mol. The molecule has 0 saturated carbocycles. The second-order valence-electron chi connectivity index (χ2n) is 2.96. The van der Waals surface area contributed by atoms with Gasteiger partial charge in [-0.05, 0) is 29.9 Å². The van der Waals surface area contributed by atoms with Gasteiger partial charge in [0.15, 0.2) is 0 Å². The average Bonchev–Trinajstić information content (AvgIpc) is 2.25. The molecule has 1 N–H and O–H groups in total. The fraction of sp³-hybridized carbons (Fsp3) is 0.364. The van der Waals surface area contributed by atoms with Crippen LogP contribution in [0.3, 0.4) is 0 Å². The maximum absolute atomic E-state index is 10.1. The van der Waals surface area contributed by atoms with E-state index in [-0.39, 0.29) is 6.61 Å². The van der Waals surface area contributed by atoms with Gasteiger partial charge in [-0.25, -0.2) is 0 Å². The molecule has 1 aromatic rings. The van der Waals surface area contributed by atoms with Crippen molar-refractivity contribution in [1.82, 2.24) is 0 Å². The van der Waals surface area contributed by atoms with E-state index in [9.17, 15) is 4.79 Å². The molecule has 0 unspecified atom stereocenters. The zero-order chi connectivity index (χ0) is 10.2. The van der Waals surface area contributed by atoms with Crippen molar-refractivity contribution in [2.75, 3.05) is 5.75 Å². The van der Waals surface area contributed by atoms with E-state index in [1.807, 2.05) is 24.3 Å². The molecule has 0 aliphatic heterocycles. The molecule has 2 nitrogen and oxygen atoms in total. The van der Waals surface area contributed by atoms with Crippen LogP contribution in [0, 0.1) is 0 Å². The number of hydrogen-bond acceptors (Lipinski definition) is 3. The van der Waals surface area contributed by atoms with E-state index < -0.39 is 0 Å². The summed E-state index contributed by atoms with van der Waals surface area (Å²) in [5.41, 5.74) is 0.933. The van der Waals surface area contributed by atoms with Gasteiger partial charge in [-0.15, -0.1) is 11.8 Å². The first-order valence-electron chi connectivity index (χ1n) is 4.63. The molecule has 3 heteroatoms. The van der Waals surface area contributed by atoms with Crippen LogP contribution in [0.5, 0.6) is 0 Å². The minimum absolute atomic E-state index is 0.0933. The molecule has 0 aromatic heterocycles. The lowest BCUT2D eigenvalue weighted by molar-refractivity contribution is -0.107. The maximum atomic E-state index is 10.1. The number of aliphatic hydroxyl groups excluding tert-OH is 1. The Morgan fingerprint density at radius 1 is 1.29 bits per heavy atom. The summed E-state index contributed by atoms with van der Waals surface area (Å²) in [7, 11) is 0. The minimum Gasteiger partial charge on any atom is -0.392 e. The van der Waals surface area contributed by atoms with Gasteiger partial charge in [0.1, 0.15) is 6.29 Å². The van der Waals surface area contributed by atoms with Crippen molar-refractivity contribution in [2.24, 2.45) is 0 Å². The number of unbranched alkanes of at least 4 members (excludes halogenated alkanes) is 1. The summed E-state index contributed by atoms with van der Waals surface area (Å²) >= 11 is 1.74. The number of rotatable bonds is 6. The van der Waals surface area contributed by atoms with E-state index in [0.29, 0.717) is 6.42 Å². The molecule has 1 rings (SSSR count). The standard InChI is InChI=1S/C11H14O2S/c12-7-1-2-8-14-11-5-3-10(9-13)4-6-11/h3-7,13H,1-2,8-9H2. The molecule has 0 atom stereocenters. The number of hydrogen-bond donors (Lipinski definition) is 1. The van der Waals surface area contributed by atoms with Gasteiger partial charge in [0, 0.05) is 11.3 Å². The number of aldehydes is 1. The number of aliphatic hydroxyl groups is 1.